The largest absolute Gasteiger partial charge is 0.312 e. The van der Waals surface area contributed by atoms with Crippen LogP contribution in [0.15, 0.2) is 15.9 Å². The zero-order valence-corrected chi connectivity index (χ0v) is 12.2. The smallest absolute Gasteiger partial charge is 0.0426 e. The fraction of sp³-hybridized carbons (Fsp3) is 0.692. The first-order chi connectivity index (χ1) is 7.81. The molecule has 0 spiro atoms. The van der Waals surface area contributed by atoms with Crippen molar-refractivity contribution < 1.29 is 0 Å². The maximum Gasteiger partial charge on any atom is 0.0426 e. The molecule has 1 nitrogen and oxygen atoms in total. The van der Waals surface area contributed by atoms with Crippen molar-refractivity contribution in [2.75, 3.05) is 7.05 Å². The molecule has 1 saturated carbocycles. The van der Waals surface area contributed by atoms with Crippen molar-refractivity contribution in [2.45, 2.75) is 44.6 Å². The van der Waals surface area contributed by atoms with E-state index in [9.17, 15) is 0 Å². The van der Waals surface area contributed by atoms with Crippen molar-refractivity contribution in [3.8, 4) is 0 Å². The summed E-state index contributed by atoms with van der Waals surface area (Å²) in [6, 6.07) is 2.70. The Morgan fingerprint density at radius 3 is 2.75 bits per heavy atom. The molecule has 0 bridgehead atoms. The molecule has 1 unspecified atom stereocenters. The van der Waals surface area contributed by atoms with Crippen LogP contribution < -0.4 is 5.32 Å². The molecular weight excluding hydrogens is 282 g/mol. The zero-order valence-electron chi connectivity index (χ0n) is 9.84. The minimum atomic E-state index is 0.539. The van der Waals surface area contributed by atoms with Crippen LogP contribution in [0.1, 0.15) is 49.4 Å². The molecule has 90 valence electrons. The van der Waals surface area contributed by atoms with Gasteiger partial charge >= 0.3 is 0 Å². The van der Waals surface area contributed by atoms with Crippen LogP contribution in [0.5, 0.6) is 0 Å². The van der Waals surface area contributed by atoms with Crippen molar-refractivity contribution in [3.05, 3.63) is 20.8 Å². The van der Waals surface area contributed by atoms with E-state index >= 15 is 0 Å². The molecule has 0 aromatic carbocycles. The van der Waals surface area contributed by atoms with Gasteiger partial charge in [-0.05, 0) is 46.8 Å². The van der Waals surface area contributed by atoms with Crippen LogP contribution in [-0.2, 0) is 0 Å². The summed E-state index contributed by atoms with van der Waals surface area (Å²) < 4.78 is 1.27. The number of thiophene rings is 1. The molecular formula is C13H20BrNS. The standard InChI is InChI=1S/C13H20BrNS/c1-15-12(13-11(14)7-8-16-13)9-10-5-3-2-4-6-10/h7-8,10,12,15H,2-6,9H2,1H3. The van der Waals surface area contributed by atoms with Crippen molar-refractivity contribution in [1.82, 2.24) is 5.32 Å². The molecule has 1 atom stereocenters. The van der Waals surface area contributed by atoms with Crippen molar-refractivity contribution >= 4 is 27.3 Å². The highest BCUT2D eigenvalue weighted by Crippen LogP contribution is 2.36. The highest BCUT2D eigenvalue weighted by Gasteiger charge is 2.21. The van der Waals surface area contributed by atoms with Crippen LogP contribution in [0.4, 0.5) is 0 Å². The summed E-state index contributed by atoms with van der Waals surface area (Å²) in [5, 5.41) is 5.64. The molecule has 1 aromatic rings. The second-order valence-electron chi connectivity index (χ2n) is 4.71. The van der Waals surface area contributed by atoms with Crippen molar-refractivity contribution in [1.29, 1.82) is 0 Å². The Morgan fingerprint density at radius 1 is 1.44 bits per heavy atom. The van der Waals surface area contributed by atoms with Crippen LogP contribution in [0.2, 0.25) is 0 Å². The third kappa shape index (κ3) is 3.08. The van der Waals surface area contributed by atoms with Crippen LogP contribution in [0, 0.1) is 5.92 Å². The molecule has 3 heteroatoms. The first kappa shape index (κ1) is 12.6. The van der Waals surface area contributed by atoms with E-state index in [0.29, 0.717) is 6.04 Å². The Kier molecular flexibility index (Phi) is 4.86. The van der Waals surface area contributed by atoms with E-state index < -0.39 is 0 Å². The van der Waals surface area contributed by atoms with Crippen molar-refractivity contribution in [2.24, 2.45) is 5.92 Å². The Hall–Kier alpha value is 0.140. The Morgan fingerprint density at radius 2 is 2.19 bits per heavy atom. The predicted octanol–water partition coefficient (Wildman–Crippen LogP) is 4.74. The van der Waals surface area contributed by atoms with Gasteiger partial charge in [0.15, 0.2) is 0 Å². The van der Waals surface area contributed by atoms with Crippen LogP contribution >= 0.6 is 27.3 Å². The quantitative estimate of drug-likeness (QED) is 0.847. The molecule has 1 aliphatic carbocycles. The topological polar surface area (TPSA) is 12.0 Å². The predicted molar refractivity (Wildman–Crippen MR) is 75.0 cm³/mol. The minimum absolute atomic E-state index is 0.539. The Balaban J connectivity index is 1.97. The third-order valence-electron chi connectivity index (χ3n) is 3.60. The fourth-order valence-corrected chi connectivity index (χ4v) is 4.44. The molecule has 1 aromatic heterocycles. The monoisotopic (exact) mass is 301 g/mol. The molecule has 0 saturated heterocycles. The average Bonchev–Trinajstić information content (AvgIpc) is 2.74. The molecule has 1 heterocycles. The lowest BCUT2D eigenvalue weighted by Gasteiger charge is -2.26. The van der Waals surface area contributed by atoms with Crippen LogP contribution in [0.3, 0.4) is 0 Å². The molecule has 1 aliphatic rings. The molecule has 0 amide bonds. The lowest BCUT2D eigenvalue weighted by molar-refractivity contribution is 0.307. The van der Waals surface area contributed by atoms with E-state index in [4.69, 9.17) is 0 Å². The van der Waals surface area contributed by atoms with E-state index in [-0.39, 0.29) is 0 Å². The Bertz CT molecular complexity index is 317. The molecule has 16 heavy (non-hydrogen) atoms. The summed E-state index contributed by atoms with van der Waals surface area (Å²) in [5.74, 6) is 0.931. The van der Waals surface area contributed by atoms with E-state index in [1.54, 1.807) is 0 Å². The van der Waals surface area contributed by atoms with Crippen molar-refractivity contribution in [3.63, 3.8) is 0 Å². The van der Waals surface area contributed by atoms with E-state index in [2.05, 4.69) is 39.7 Å². The van der Waals surface area contributed by atoms with Gasteiger partial charge in [-0.25, -0.2) is 0 Å². The first-order valence-corrected chi connectivity index (χ1v) is 7.88. The van der Waals surface area contributed by atoms with Crippen LogP contribution in [-0.4, -0.2) is 7.05 Å². The maximum atomic E-state index is 3.64. The van der Waals surface area contributed by atoms with Crippen LogP contribution in [0.25, 0.3) is 0 Å². The highest BCUT2D eigenvalue weighted by molar-refractivity contribution is 9.10. The van der Waals surface area contributed by atoms with Gasteiger partial charge in [0, 0.05) is 15.4 Å². The third-order valence-corrected chi connectivity index (χ3v) is 5.59. The number of halogens is 1. The fourth-order valence-electron chi connectivity index (χ4n) is 2.67. The second-order valence-corrected chi connectivity index (χ2v) is 6.52. The summed E-state index contributed by atoms with van der Waals surface area (Å²) in [7, 11) is 2.08. The van der Waals surface area contributed by atoms with Gasteiger partial charge in [-0.2, -0.15) is 0 Å². The number of nitrogens with one attached hydrogen (secondary N) is 1. The second kappa shape index (κ2) is 6.18. The molecule has 0 radical (unpaired) electrons. The molecule has 0 aliphatic heterocycles. The summed E-state index contributed by atoms with van der Waals surface area (Å²) >= 11 is 5.50. The van der Waals surface area contributed by atoms with Gasteiger partial charge in [-0.3, -0.25) is 0 Å². The summed E-state index contributed by atoms with van der Waals surface area (Å²) in [6.45, 7) is 0. The average molecular weight is 302 g/mol. The van der Waals surface area contributed by atoms with Gasteiger partial charge in [0.2, 0.25) is 0 Å². The lowest BCUT2D eigenvalue weighted by atomic mass is 9.84. The van der Waals surface area contributed by atoms with Gasteiger partial charge in [-0.1, -0.05) is 32.1 Å². The van der Waals surface area contributed by atoms with Gasteiger partial charge in [0.1, 0.15) is 0 Å². The summed E-state index contributed by atoms with van der Waals surface area (Å²) in [5.41, 5.74) is 0. The Labute approximate surface area is 111 Å². The minimum Gasteiger partial charge on any atom is -0.312 e. The number of rotatable bonds is 4. The normalized spacial score (nSPS) is 19.9. The van der Waals surface area contributed by atoms with Gasteiger partial charge in [0.05, 0.1) is 0 Å². The molecule has 2 rings (SSSR count). The van der Waals surface area contributed by atoms with Gasteiger partial charge in [-0.15, -0.1) is 11.3 Å². The van der Waals surface area contributed by atoms with E-state index in [1.807, 2.05) is 11.3 Å². The van der Waals surface area contributed by atoms with E-state index in [0.717, 1.165) is 5.92 Å². The highest BCUT2D eigenvalue weighted by atomic mass is 79.9. The molecule has 1 fully saturated rings. The number of hydrogen-bond donors (Lipinski definition) is 1. The number of hydrogen-bond acceptors (Lipinski definition) is 2. The first-order valence-electron chi connectivity index (χ1n) is 6.21. The molecule has 1 N–H and O–H groups in total. The summed E-state index contributed by atoms with van der Waals surface area (Å²) in [6.07, 6.45) is 8.49. The maximum absolute atomic E-state index is 3.64. The zero-order chi connectivity index (χ0) is 11.4. The summed E-state index contributed by atoms with van der Waals surface area (Å²) in [4.78, 5) is 1.47. The van der Waals surface area contributed by atoms with Gasteiger partial charge in [0.25, 0.3) is 0 Å². The van der Waals surface area contributed by atoms with Gasteiger partial charge < -0.3 is 5.32 Å². The lowest BCUT2D eigenvalue weighted by Crippen LogP contribution is -2.20. The SMILES string of the molecule is CNC(CC1CCCCC1)c1sccc1Br. The van der Waals surface area contributed by atoms with E-state index in [1.165, 1.54) is 47.9 Å².